The van der Waals surface area contributed by atoms with Crippen LogP contribution in [0.25, 0.3) is 10.2 Å². The summed E-state index contributed by atoms with van der Waals surface area (Å²) in [7, 11) is 0. The molecule has 156 valence electrons. The molecule has 4 aromatic rings. The summed E-state index contributed by atoms with van der Waals surface area (Å²) in [5, 5.41) is 3.64. The molecule has 0 spiro atoms. The molecule has 5 rings (SSSR count). The largest absolute Gasteiger partial charge is 0.352 e. The number of nitrogens with one attached hydrogen (secondary N) is 1. The Bertz CT molecular complexity index is 1230. The SMILES string of the molecule is CC(C)c1cccc(N2CCc3cccc(C(=O)Nc4nc5ccccc5s4)c3C2)n1. The van der Waals surface area contributed by atoms with Crippen LogP contribution in [0.2, 0.25) is 0 Å². The first-order valence-electron chi connectivity index (χ1n) is 10.6. The minimum atomic E-state index is -0.110. The number of fused-ring (bicyclic) bond motifs is 2. The quantitative estimate of drug-likeness (QED) is 0.458. The van der Waals surface area contributed by atoms with Gasteiger partial charge in [0.25, 0.3) is 5.91 Å². The van der Waals surface area contributed by atoms with Gasteiger partial charge in [0.15, 0.2) is 5.13 Å². The van der Waals surface area contributed by atoms with Crippen LogP contribution in [0, 0.1) is 0 Å². The molecule has 31 heavy (non-hydrogen) atoms. The van der Waals surface area contributed by atoms with Gasteiger partial charge in [-0.1, -0.05) is 55.5 Å². The van der Waals surface area contributed by atoms with E-state index in [1.807, 2.05) is 36.4 Å². The van der Waals surface area contributed by atoms with E-state index < -0.39 is 0 Å². The summed E-state index contributed by atoms with van der Waals surface area (Å²) < 4.78 is 1.06. The van der Waals surface area contributed by atoms with Crippen molar-refractivity contribution in [3.8, 4) is 0 Å². The van der Waals surface area contributed by atoms with E-state index in [0.29, 0.717) is 23.2 Å². The normalized spacial score (nSPS) is 13.5. The van der Waals surface area contributed by atoms with Crippen LogP contribution >= 0.6 is 11.3 Å². The number of nitrogens with zero attached hydrogens (tertiary/aromatic N) is 3. The van der Waals surface area contributed by atoms with Crippen molar-refractivity contribution in [2.24, 2.45) is 0 Å². The maximum atomic E-state index is 13.2. The second-order valence-corrected chi connectivity index (χ2v) is 9.16. The van der Waals surface area contributed by atoms with Crippen molar-refractivity contribution < 1.29 is 4.79 Å². The van der Waals surface area contributed by atoms with Gasteiger partial charge in [-0.2, -0.15) is 0 Å². The molecule has 1 aliphatic rings. The number of anilines is 2. The molecule has 0 unspecified atom stereocenters. The van der Waals surface area contributed by atoms with E-state index in [1.165, 1.54) is 16.9 Å². The topological polar surface area (TPSA) is 58.1 Å². The van der Waals surface area contributed by atoms with Crippen LogP contribution in [0.15, 0.2) is 60.7 Å². The van der Waals surface area contributed by atoms with Crippen molar-refractivity contribution in [2.75, 3.05) is 16.8 Å². The number of hydrogen-bond donors (Lipinski definition) is 1. The minimum Gasteiger partial charge on any atom is -0.352 e. The molecule has 2 aromatic heterocycles. The van der Waals surface area contributed by atoms with Crippen molar-refractivity contribution in [3.05, 3.63) is 83.0 Å². The van der Waals surface area contributed by atoms with E-state index in [-0.39, 0.29) is 5.91 Å². The maximum absolute atomic E-state index is 13.2. The predicted molar refractivity (Wildman–Crippen MR) is 127 cm³/mol. The molecule has 0 saturated heterocycles. The minimum absolute atomic E-state index is 0.110. The molecule has 1 aliphatic heterocycles. The lowest BCUT2D eigenvalue weighted by Gasteiger charge is -2.31. The van der Waals surface area contributed by atoms with Crippen LogP contribution in [0.5, 0.6) is 0 Å². The summed E-state index contributed by atoms with van der Waals surface area (Å²) in [5.74, 6) is 1.24. The fourth-order valence-corrected chi connectivity index (χ4v) is 4.88. The average molecular weight is 429 g/mol. The van der Waals surface area contributed by atoms with E-state index in [4.69, 9.17) is 4.98 Å². The van der Waals surface area contributed by atoms with E-state index in [0.717, 1.165) is 40.3 Å². The molecule has 0 saturated carbocycles. The highest BCUT2D eigenvalue weighted by Gasteiger charge is 2.23. The molecule has 0 bridgehead atoms. The second kappa shape index (κ2) is 8.12. The number of carbonyl (C=O) groups is 1. The molecule has 0 atom stereocenters. The third-order valence-electron chi connectivity index (χ3n) is 5.70. The number of benzene rings is 2. The van der Waals surface area contributed by atoms with Crippen LogP contribution in [-0.2, 0) is 13.0 Å². The zero-order valence-corrected chi connectivity index (χ0v) is 18.4. The van der Waals surface area contributed by atoms with Gasteiger partial charge in [-0.25, -0.2) is 9.97 Å². The molecule has 0 fully saturated rings. The van der Waals surface area contributed by atoms with Crippen LogP contribution in [0.4, 0.5) is 10.9 Å². The monoisotopic (exact) mass is 428 g/mol. The van der Waals surface area contributed by atoms with Gasteiger partial charge >= 0.3 is 0 Å². The van der Waals surface area contributed by atoms with Gasteiger partial charge in [0.1, 0.15) is 5.82 Å². The number of pyridine rings is 1. The molecule has 6 heteroatoms. The van der Waals surface area contributed by atoms with Crippen molar-refractivity contribution >= 4 is 38.4 Å². The molecule has 0 radical (unpaired) electrons. The first-order valence-corrected chi connectivity index (χ1v) is 11.4. The predicted octanol–water partition coefficient (Wildman–Crippen LogP) is 5.63. The summed E-state index contributed by atoms with van der Waals surface area (Å²) >= 11 is 1.50. The molecule has 2 aromatic carbocycles. The Hall–Kier alpha value is -3.25. The van der Waals surface area contributed by atoms with Crippen LogP contribution in [0.3, 0.4) is 0 Å². The molecular formula is C25H24N4OS. The molecule has 5 nitrogen and oxygen atoms in total. The van der Waals surface area contributed by atoms with Crippen LogP contribution in [-0.4, -0.2) is 22.4 Å². The molecule has 0 aliphatic carbocycles. The Morgan fingerprint density at radius 2 is 1.87 bits per heavy atom. The van der Waals surface area contributed by atoms with E-state index >= 15 is 0 Å². The summed E-state index contributed by atoms with van der Waals surface area (Å²) in [6, 6.07) is 20.1. The van der Waals surface area contributed by atoms with E-state index in [9.17, 15) is 4.79 Å². The number of carbonyl (C=O) groups excluding carboxylic acids is 1. The third kappa shape index (κ3) is 3.91. The van der Waals surface area contributed by atoms with Crippen molar-refractivity contribution in [2.45, 2.75) is 32.7 Å². The summed E-state index contributed by atoms with van der Waals surface area (Å²) in [6.07, 6.45) is 0.894. The van der Waals surface area contributed by atoms with Crippen molar-refractivity contribution in [3.63, 3.8) is 0 Å². The fraction of sp³-hybridized carbons (Fsp3) is 0.240. The zero-order chi connectivity index (χ0) is 21.4. The Balaban J connectivity index is 1.42. The van der Waals surface area contributed by atoms with Gasteiger partial charge in [0, 0.05) is 24.3 Å². The van der Waals surface area contributed by atoms with Gasteiger partial charge in [-0.15, -0.1) is 0 Å². The first kappa shape index (κ1) is 19.7. The highest BCUT2D eigenvalue weighted by Crippen LogP contribution is 2.29. The molecule has 1 N–H and O–H groups in total. The lowest BCUT2D eigenvalue weighted by atomic mass is 9.94. The highest BCUT2D eigenvalue weighted by molar-refractivity contribution is 7.22. The number of aromatic nitrogens is 2. The zero-order valence-electron chi connectivity index (χ0n) is 17.6. The fourth-order valence-electron chi connectivity index (χ4n) is 4.02. The first-order chi connectivity index (χ1) is 15.1. The third-order valence-corrected chi connectivity index (χ3v) is 6.66. The summed E-state index contributed by atoms with van der Waals surface area (Å²) in [6.45, 7) is 5.88. The van der Waals surface area contributed by atoms with Crippen LogP contribution < -0.4 is 10.2 Å². The number of rotatable bonds is 4. The Morgan fingerprint density at radius 3 is 2.71 bits per heavy atom. The number of hydrogen-bond acceptors (Lipinski definition) is 5. The van der Waals surface area contributed by atoms with Gasteiger partial charge in [0.05, 0.1) is 10.2 Å². The summed E-state index contributed by atoms with van der Waals surface area (Å²) in [4.78, 5) is 24.8. The standard InChI is InChI=1S/C25H24N4OS/c1-16(2)20-10-6-12-23(26-20)29-14-13-17-7-5-8-18(19(17)15-29)24(30)28-25-27-21-9-3-4-11-22(21)31-25/h3-12,16H,13-15H2,1-2H3,(H,27,28,30). The van der Waals surface area contributed by atoms with Gasteiger partial charge in [0.2, 0.25) is 0 Å². The van der Waals surface area contributed by atoms with Gasteiger partial charge < -0.3 is 4.90 Å². The lowest BCUT2D eigenvalue weighted by Crippen LogP contribution is -2.33. The van der Waals surface area contributed by atoms with Gasteiger partial charge in [-0.3, -0.25) is 10.1 Å². The number of amides is 1. The average Bonchev–Trinajstić information content (AvgIpc) is 3.20. The Labute approximate surface area is 185 Å². The van der Waals surface area contributed by atoms with Crippen molar-refractivity contribution in [1.29, 1.82) is 0 Å². The van der Waals surface area contributed by atoms with E-state index in [2.05, 4.69) is 53.3 Å². The smallest absolute Gasteiger partial charge is 0.257 e. The van der Waals surface area contributed by atoms with E-state index in [1.54, 1.807) is 0 Å². The molecule has 1 amide bonds. The Morgan fingerprint density at radius 1 is 1.03 bits per heavy atom. The number of para-hydroxylation sites is 1. The van der Waals surface area contributed by atoms with Crippen molar-refractivity contribution in [1.82, 2.24) is 9.97 Å². The Kier molecular flexibility index (Phi) is 5.16. The lowest BCUT2D eigenvalue weighted by molar-refractivity contribution is 0.102. The molecular weight excluding hydrogens is 404 g/mol. The summed E-state index contributed by atoms with van der Waals surface area (Å²) in [5.41, 5.74) is 5.00. The second-order valence-electron chi connectivity index (χ2n) is 8.13. The maximum Gasteiger partial charge on any atom is 0.257 e. The molecule has 3 heterocycles. The highest BCUT2D eigenvalue weighted by atomic mass is 32.1. The number of thiazole rings is 1. The van der Waals surface area contributed by atoms with Crippen LogP contribution in [0.1, 0.15) is 46.9 Å². The van der Waals surface area contributed by atoms with Gasteiger partial charge in [-0.05, 0) is 53.8 Å².